The van der Waals surface area contributed by atoms with Crippen LogP contribution in [0.5, 0.6) is 5.75 Å². The lowest BCUT2D eigenvalue weighted by Gasteiger charge is -2.17. The Morgan fingerprint density at radius 3 is 2.32 bits per heavy atom. The normalized spacial score (nSPS) is 11.8. The van der Waals surface area contributed by atoms with Crippen molar-refractivity contribution in [1.29, 1.82) is 0 Å². The Morgan fingerprint density at radius 1 is 0.892 bits per heavy atom. The highest BCUT2D eigenvalue weighted by Crippen LogP contribution is 2.23. The number of nitrogens with one attached hydrogen (secondary N) is 1. The van der Waals surface area contributed by atoms with Gasteiger partial charge in [-0.15, -0.1) is 0 Å². The molecule has 5 aromatic rings. The van der Waals surface area contributed by atoms with Crippen molar-refractivity contribution in [3.05, 3.63) is 120 Å². The number of imidazole rings is 1. The van der Waals surface area contributed by atoms with Crippen LogP contribution in [0.4, 0.5) is 0 Å². The Labute approximate surface area is 221 Å². The lowest BCUT2D eigenvalue weighted by molar-refractivity contribution is -0.121. The van der Waals surface area contributed by atoms with Crippen molar-refractivity contribution in [1.82, 2.24) is 14.9 Å². The molecule has 1 aromatic heterocycles. The van der Waals surface area contributed by atoms with Crippen LogP contribution in [0.2, 0.25) is 5.02 Å². The smallest absolute Gasteiger partial charge is 0.224 e. The zero-order chi connectivity index (χ0) is 25.6. The first-order valence-electron chi connectivity index (χ1n) is 12.3. The van der Waals surface area contributed by atoms with Gasteiger partial charge in [0.25, 0.3) is 0 Å². The van der Waals surface area contributed by atoms with Gasteiger partial charge in [-0.25, -0.2) is 4.98 Å². The molecule has 0 saturated carbocycles. The monoisotopic (exact) mass is 509 g/mol. The van der Waals surface area contributed by atoms with Crippen LogP contribution in [0.15, 0.2) is 103 Å². The highest BCUT2D eigenvalue weighted by molar-refractivity contribution is 6.30. The summed E-state index contributed by atoms with van der Waals surface area (Å²) >= 11 is 5.97. The van der Waals surface area contributed by atoms with Gasteiger partial charge in [-0.3, -0.25) is 4.79 Å². The minimum Gasteiger partial charge on any atom is -0.492 e. The zero-order valence-corrected chi connectivity index (χ0v) is 21.4. The number of fused-ring (bicyclic) bond motifs is 1. The number of hydrogen-bond acceptors (Lipinski definition) is 3. The Balaban J connectivity index is 1.25. The maximum atomic E-state index is 12.9. The number of rotatable bonds is 9. The molecule has 5 rings (SSSR count). The van der Waals surface area contributed by atoms with Crippen LogP contribution in [0.1, 0.15) is 24.4 Å². The summed E-state index contributed by atoms with van der Waals surface area (Å²) < 4.78 is 8.04. The quantitative estimate of drug-likeness (QED) is 0.236. The molecule has 4 aromatic carbocycles. The van der Waals surface area contributed by atoms with Gasteiger partial charge in [0.05, 0.1) is 30.0 Å². The summed E-state index contributed by atoms with van der Waals surface area (Å²) in [4.78, 5) is 17.8. The molecule has 0 bridgehead atoms. The molecular weight excluding hydrogens is 482 g/mol. The van der Waals surface area contributed by atoms with Crippen molar-refractivity contribution in [3.8, 4) is 16.9 Å². The van der Waals surface area contributed by atoms with E-state index in [1.165, 1.54) is 0 Å². The number of para-hydroxylation sites is 2. The first-order valence-corrected chi connectivity index (χ1v) is 12.7. The number of hydrogen-bond donors (Lipinski definition) is 1. The molecule has 37 heavy (non-hydrogen) atoms. The van der Waals surface area contributed by atoms with E-state index < -0.39 is 0 Å². The summed E-state index contributed by atoms with van der Waals surface area (Å²) in [5.74, 6) is 1.51. The number of carbonyl (C=O) groups excluding carboxylic acids is 1. The number of amides is 1. The van der Waals surface area contributed by atoms with E-state index in [1.54, 1.807) is 0 Å². The average Bonchev–Trinajstić information content (AvgIpc) is 3.29. The van der Waals surface area contributed by atoms with E-state index in [-0.39, 0.29) is 11.9 Å². The van der Waals surface area contributed by atoms with Gasteiger partial charge >= 0.3 is 0 Å². The number of benzene rings is 4. The number of nitrogens with zero attached hydrogens (tertiary/aromatic N) is 2. The summed E-state index contributed by atoms with van der Waals surface area (Å²) in [5, 5.41) is 3.80. The largest absolute Gasteiger partial charge is 0.492 e. The van der Waals surface area contributed by atoms with Crippen molar-refractivity contribution in [2.24, 2.45) is 0 Å². The third kappa shape index (κ3) is 6.01. The van der Waals surface area contributed by atoms with Gasteiger partial charge in [-0.1, -0.05) is 78.3 Å². The second kappa shape index (κ2) is 11.3. The van der Waals surface area contributed by atoms with E-state index >= 15 is 0 Å². The molecule has 0 aliphatic heterocycles. The molecule has 1 N–H and O–H groups in total. The molecule has 0 saturated heterocycles. The molecule has 1 heterocycles. The third-order valence-electron chi connectivity index (χ3n) is 6.27. The summed E-state index contributed by atoms with van der Waals surface area (Å²) in [6.07, 6.45) is 0.305. The van der Waals surface area contributed by atoms with Gasteiger partial charge < -0.3 is 14.6 Å². The molecule has 186 valence electrons. The standard InChI is InChI=1S/C31H28ClN3O2/c1-22(33-30(36)21-23-11-13-25(14-12-23)24-7-3-2-4-8-24)31-34-28-9-5-6-10-29(28)35(31)19-20-37-27-17-15-26(32)16-18-27/h2-18,22H,19-21H2,1H3,(H,33,36). The molecule has 1 amide bonds. The summed E-state index contributed by atoms with van der Waals surface area (Å²) in [5.41, 5.74) is 5.16. The lowest BCUT2D eigenvalue weighted by atomic mass is 10.0. The molecule has 0 aliphatic rings. The molecule has 1 atom stereocenters. The second-order valence-electron chi connectivity index (χ2n) is 8.94. The average molecular weight is 510 g/mol. The zero-order valence-electron chi connectivity index (χ0n) is 20.6. The maximum absolute atomic E-state index is 12.9. The van der Waals surface area contributed by atoms with E-state index in [0.29, 0.717) is 24.6 Å². The fourth-order valence-electron chi connectivity index (χ4n) is 4.43. The van der Waals surface area contributed by atoms with Crippen molar-refractivity contribution >= 4 is 28.5 Å². The van der Waals surface area contributed by atoms with Crippen molar-refractivity contribution in [3.63, 3.8) is 0 Å². The molecule has 1 unspecified atom stereocenters. The highest BCUT2D eigenvalue weighted by atomic mass is 35.5. The second-order valence-corrected chi connectivity index (χ2v) is 9.38. The van der Waals surface area contributed by atoms with Crippen LogP contribution in [-0.4, -0.2) is 22.1 Å². The van der Waals surface area contributed by atoms with Crippen molar-refractivity contribution in [2.45, 2.75) is 25.9 Å². The van der Waals surface area contributed by atoms with E-state index in [0.717, 1.165) is 39.3 Å². The third-order valence-corrected chi connectivity index (χ3v) is 6.52. The van der Waals surface area contributed by atoms with Crippen LogP contribution in [0, 0.1) is 0 Å². The van der Waals surface area contributed by atoms with Crippen LogP contribution in [-0.2, 0) is 17.8 Å². The molecular formula is C31H28ClN3O2. The van der Waals surface area contributed by atoms with Gasteiger partial charge in [0.15, 0.2) is 0 Å². The topological polar surface area (TPSA) is 56.2 Å². The van der Waals surface area contributed by atoms with Gasteiger partial charge in [0, 0.05) is 5.02 Å². The molecule has 0 spiro atoms. The van der Waals surface area contributed by atoms with E-state index in [4.69, 9.17) is 21.3 Å². The molecule has 0 fully saturated rings. The molecule has 0 aliphatic carbocycles. The SMILES string of the molecule is CC(NC(=O)Cc1ccc(-c2ccccc2)cc1)c1nc2ccccc2n1CCOc1ccc(Cl)cc1. The Hall–Kier alpha value is -4.09. The van der Waals surface area contributed by atoms with E-state index in [2.05, 4.69) is 34.1 Å². The molecule has 0 radical (unpaired) electrons. The Bertz CT molecular complexity index is 1480. The van der Waals surface area contributed by atoms with Crippen molar-refractivity contribution in [2.75, 3.05) is 6.61 Å². The summed E-state index contributed by atoms with van der Waals surface area (Å²) in [6, 6.07) is 33.4. The minimum atomic E-state index is -0.265. The highest BCUT2D eigenvalue weighted by Gasteiger charge is 2.18. The van der Waals surface area contributed by atoms with Gasteiger partial charge in [0.2, 0.25) is 5.91 Å². The number of aromatic nitrogens is 2. The van der Waals surface area contributed by atoms with Gasteiger partial charge in [-0.05, 0) is 60.0 Å². The van der Waals surface area contributed by atoms with Gasteiger partial charge in [-0.2, -0.15) is 0 Å². The molecule has 5 nitrogen and oxygen atoms in total. The predicted octanol–water partition coefficient (Wildman–Crippen LogP) is 6.86. The Morgan fingerprint density at radius 2 is 1.57 bits per heavy atom. The van der Waals surface area contributed by atoms with E-state index in [1.807, 2.05) is 85.8 Å². The van der Waals surface area contributed by atoms with Crippen LogP contribution >= 0.6 is 11.6 Å². The molecule has 6 heteroatoms. The minimum absolute atomic E-state index is 0.0454. The summed E-state index contributed by atoms with van der Waals surface area (Å²) in [7, 11) is 0. The van der Waals surface area contributed by atoms with Crippen molar-refractivity contribution < 1.29 is 9.53 Å². The fraction of sp³-hybridized carbons (Fsp3) is 0.161. The van der Waals surface area contributed by atoms with Gasteiger partial charge in [0.1, 0.15) is 18.2 Å². The number of halogens is 1. The Kier molecular flexibility index (Phi) is 7.52. The number of carbonyl (C=O) groups is 1. The first-order chi connectivity index (χ1) is 18.1. The van der Waals surface area contributed by atoms with Crippen LogP contribution in [0.3, 0.4) is 0 Å². The van der Waals surface area contributed by atoms with Crippen LogP contribution in [0.25, 0.3) is 22.2 Å². The summed E-state index contributed by atoms with van der Waals surface area (Å²) in [6.45, 7) is 3.03. The number of ether oxygens (including phenoxy) is 1. The van der Waals surface area contributed by atoms with Crippen LogP contribution < -0.4 is 10.1 Å². The lowest BCUT2D eigenvalue weighted by Crippen LogP contribution is -2.30. The predicted molar refractivity (Wildman–Crippen MR) is 149 cm³/mol. The first kappa shape index (κ1) is 24.6. The fourth-order valence-corrected chi connectivity index (χ4v) is 4.56. The van der Waals surface area contributed by atoms with E-state index in [9.17, 15) is 4.79 Å². The maximum Gasteiger partial charge on any atom is 0.224 e.